The molecule has 104 valence electrons. The van der Waals surface area contributed by atoms with Gasteiger partial charge in [-0.05, 0) is 30.5 Å². The summed E-state index contributed by atoms with van der Waals surface area (Å²) in [5, 5.41) is 11.5. The van der Waals surface area contributed by atoms with Crippen molar-refractivity contribution in [2.24, 2.45) is 5.92 Å². The van der Waals surface area contributed by atoms with E-state index >= 15 is 0 Å². The van der Waals surface area contributed by atoms with Crippen LogP contribution in [-0.4, -0.2) is 23.0 Å². The normalized spacial score (nSPS) is 12.8. The lowest BCUT2D eigenvalue weighted by Gasteiger charge is -2.15. The second-order valence-electron chi connectivity index (χ2n) is 4.50. The number of carbonyl (C=O) groups is 2. The summed E-state index contributed by atoms with van der Waals surface area (Å²) >= 11 is 7.11. The van der Waals surface area contributed by atoms with Crippen molar-refractivity contribution in [2.45, 2.75) is 26.3 Å². The Kier molecular flexibility index (Phi) is 6.05. The van der Waals surface area contributed by atoms with E-state index in [0.29, 0.717) is 10.8 Å². The highest BCUT2D eigenvalue weighted by Gasteiger charge is 2.19. The topological polar surface area (TPSA) is 66.4 Å². The first-order valence-corrected chi connectivity index (χ1v) is 7.04. The molecule has 2 N–H and O–H groups in total. The molecule has 1 aromatic rings. The first-order valence-electron chi connectivity index (χ1n) is 5.85. The maximum Gasteiger partial charge on any atom is 0.326 e. The number of thiophene rings is 1. The molecule has 0 radical (unpaired) electrons. The summed E-state index contributed by atoms with van der Waals surface area (Å²) in [7, 11) is 0. The lowest BCUT2D eigenvalue weighted by Crippen LogP contribution is -2.40. The van der Waals surface area contributed by atoms with Crippen LogP contribution in [-0.2, 0) is 9.59 Å². The number of hydrogen-bond acceptors (Lipinski definition) is 3. The third-order valence-electron chi connectivity index (χ3n) is 2.31. The zero-order valence-corrected chi connectivity index (χ0v) is 12.3. The molecule has 0 aliphatic carbocycles. The van der Waals surface area contributed by atoms with Crippen molar-refractivity contribution in [3.63, 3.8) is 0 Å². The van der Waals surface area contributed by atoms with Crippen LogP contribution in [0.25, 0.3) is 6.08 Å². The van der Waals surface area contributed by atoms with Crippen LogP contribution in [0, 0.1) is 5.92 Å². The van der Waals surface area contributed by atoms with Gasteiger partial charge in [0, 0.05) is 11.0 Å². The summed E-state index contributed by atoms with van der Waals surface area (Å²) in [5.74, 6) is -1.24. The van der Waals surface area contributed by atoms with Crippen molar-refractivity contribution in [1.29, 1.82) is 0 Å². The fraction of sp³-hybridized carbons (Fsp3) is 0.385. The summed E-state index contributed by atoms with van der Waals surface area (Å²) < 4.78 is 0.642. The number of nitrogens with one attached hydrogen (secondary N) is 1. The molecule has 0 aliphatic heterocycles. The van der Waals surface area contributed by atoms with Crippen molar-refractivity contribution in [3.05, 3.63) is 27.4 Å². The summed E-state index contributed by atoms with van der Waals surface area (Å²) in [6.45, 7) is 3.82. The molecular weight excluding hydrogens is 286 g/mol. The Morgan fingerprint density at radius 2 is 2.16 bits per heavy atom. The van der Waals surface area contributed by atoms with Gasteiger partial charge in [0.05, 0.1) is 4.34 Å². The van der Waals surface area contributed by atoms with E-state index in [1.165, 1.54) is 17.4 Å². The van der Waals surface area contributed by atoms with Gasteiger partial charge in [-0.2, -0.15) is 0 Å². The van der Waals surface area contributed by atoms with E-state index in [9.17, 15) is 9.59 Å². The SMILES string of the molecule is CC(C)C[C@H](NC(=O)/C=C/c1ccc(Cl)s1)C(=O)O. The molecule has 1 heterocycles. The van der Waals surface area contributed by atoms with Crippen molar-refractivity contribution in [3.8, 4) is 0 Å². The van der Waals surface area contributed by atoms with Gasteiger partial charge in [-0.3, -0.25) is 4.79 Å². The summed E-state index contributed by atoms with van der Waals surface area (Å²) in [6.07, 6.45) is 3.33. The Hall–Kier alpha value is -1.33. The lowest BCUT2D eigenvalue weighted by molar-refractivity contribution is -0.141. The van der Waals surface area contributed by atoms with Crippen molar-refractivity contribution < 1.29 is 14.7 Å². The standard InChI is InChI=1S/C13H16ClNO3S/c1-8(2)7-10(13(17)18)15-12(16)6-4-9-3-5-11(14)19-9/h3-6,8,10H,7H2,1-2H3,(H,15,16)(H,17,18)/b6-4+/t10-/m0/s1. The fourth-order valence-electron chi connectivity index (χ4n) is 1.49. The van der Waals surface area contributed by atoms with Crippen LogP contribution in [0.1, 0.15) is 25.1 Å². The van der Waals surface area contributed by atoms with Crippen molar-refractivity contribution in [2.75, 3.05) is 0 Å². The monoisotopic (exact) mass is 301 g/mol. The van der Waals surface area contributed by atoms with E-state index in [-0.39, 0.29) is 5.92 Å². The van der Waals surface area contributed by atoms with E-state index in [4.69, 9.17) is 16.7 Å². The van der Waals surface area contributed by atoms with Gasteiger partial charge in [0.2, 0.25) is 5.91 Å². The number of hydrogen-bond donors (Lipinski definition) is 2. The molecule has 4 nitrogen and oxygen atoms in total. The molecule has 0 saturated heterocycles. The van der Waals surface area contributed by atoms with Gasteiger partial charge in [0.15, 0.2) is 0 Å². The molecule has 0 fully saturated rings. The Labute approximate surface area is 121 Å². The molecule has 0 saturated carbocycles. The number of amides is 1. The molecule has 0 spiro atoms. The average Bonchev–Trinajstić information content (AvgIpc) is 2.71. The maximum atomic E-state index is 11.6. The van der Waals surface area contributed by atoms with Gasteiger partial charge in [-0.15, -0.1) is 11.3 Å². The third-order valence-corrected chi connectivity index (χ3v) is 3.51. The molecule has 0 unspecified atom stereocenters. The van der Waals surface area contributed by atoms with E-state index in [0.717, 1.165) is 4.88 Å². The number of carboxylic acids is 1. The van der Waals surface area contributed by atoms with Crippen LogP contribution < -0.4 is 5.32 Å². The van der Waals surface area contributed by atoms with Crippen molar-refractivity contribution in [1.82, 2.24) is 5.32 Å². The van der Waals surface area contributed by atoms with Gasteiger partial charge in [-0.1, -0.05) is 25.4 Å². The van der Waals surface area contributed by atoms with E-state index in [2.05, 4.69) is 5.32 Å². The second kappa shape index (κ2) is 7.31. The largest absolute Gasteiger partial charge is 0.480 e. The Morgan fingerprint density at radius 1 is 1.47 bits per heavy atom. The number of carbonyl (C=O) groups excluding carboxylic acids is 1. The van der Waals surface area contributed by atoms with Crippen LogP contribution in [0.4, 0.5) is 0 Å². The molecule has 1 aromatic heterocycles. The Bertz CT molecular complexity index is 482. The molecule has 19 heavy (non-hydrogen) atoms. The van der Waals surface area contributed by atoms with Crippen LogP contribution in [0.15, 0.2) is 18.2 Å². The molecular formula is C13H16ClNO3S. The van der Waals surface area contributed by atoms with E-state index < -0.39 is 17.9 Å². The summed E-state index contributed by atoms with van der Waals surface area (Å²) in [5.41, 5.74) is 0. The highest BCUT2D eigenvalue weighted by Crippen LogP contribution is 2.22. The van der Waals surface area contributed by atoms with Gasteiger partial charge in [0.25, 0.3) is 0 Å². The zero-order valence-electron chi connectivity index (χ0n) is 10.7. The van der Waals surface area contributed by atoms with Gasteiger partial charge in [-0.25, -0.2) is 4.79 Å². The molecule has 0 aromatic carbocycles. The van der Waals surface area contributed by atoms with Gasteiger partial charge in [0.1, 0.15) is 6.04 Å². The van der Waals surface area contributed by atoms with Crippen molar-refractivity contribution >= 4 is 40.9 Å². The van der Waals surface area contributed by atoms with E-state index in [1.54, 1.807) is 18.2 Å². The van der Waals surface area contributed by atoms with Gasteiger partial charge >= 0.3 is 5.97 Å². The number of aliphatic carboxylic acids is 1. The number of halogens is 1. The molecule has 1 atom stereocenters. The fourth-order valence-corrected chi connectivity index (χ4v) is 2.45. The van der Waals surface area contributed by atoms with Crippen LogP contribution >= 0.6 is 22.9 Å². The van der Waals surface area contributed by atoms with Gasteiger partial charge < -0.3 is 10.4 Å². The minimum Gasteiger partial charge on any atom is -0.480 e. The average molecular weight is 302 g/mol. The maximum absolute atomic E-state index is 11.6. The second-order valence-corrected chi connectivity index (χ2v) is 6.25. The smallest absolute Gasteiger partial charge is 0.326 e. The zero-order chi connectivity index (χ0) is 14.4. The molecule has 1 amide bonds. The Morgan fingerprint density at radius 3 is 2.63 bits per heavy atom. The molecule has 6 heteroatoms. The predicted molar refractivity (Wildman–Crippen MR) is 77.4 cm³/mol. The lowest BCUT2D eigenvalue weighted by atomic mass is 10.0. The summed E-state index contributed by atoms with van der Waals surface area (Å²) in [4.78, 5) is 23.5. The minimum atomic E-state index is -1.02. The first kappa shape index (κ1) is 15.7. The Balaban J connectivity index is 2.57. The minimum absolute atomic E-state index is 0.196. The molecule has 0 aliphatic rings. The van der Waals surface area contributed by atoms with Crippen LogP contribution in [0.5, 0.6) is 0 Å². The van der Waals surface area contributed by atoms with Crippen LogP contribution in [0.2, 0.25) is 4.34 Å². The third kappa shape index (κ3) is 5.89. The van der Waals surface area contributed by atoms with E-state index in [1.807, 2.05) is 13.8 Å². The van der Waals surface area contributed by atoms with Crippen LogP contribution in [0.3, 0.4) is 0 Å². The molecule has 0 bridgehead atoms. The first-order chi connectivity index (χ1) is 8.88. The quantitative estimate of drug-likeness (QED) is 0.794. The predicted octanol–water partition coefficient (Wildman–Crippen LogP) is 3.03. The summed E-state index contributed by atoms with van der Waals surface area (Å²) in [6, 6.07) is 2.67. The highest BCUT2D eigenvalue weighted by molar-refractivity contribution is 7.17. The highest BCUT2D eigenvalue weighted by atomic mass is 35.5. The molecule has 1 rings (SSSR count). The number of carboxylic acid groups (broad SMARTS) is 1. The number of rotatable bonds is 6.